The maximum absolute atomic E-state index is 4.68. The molecule has 1 fully saturated rings. The lowest BCUT2D eigenvalue weighted by Crippen LogP contribution is -2.35. The number of rotatable bonds is 5. The topological polar surface area (TPSA) is 80.3 Å². The first kappa shape index (κ1) is 15.9. The van der Waals surface area contributed by atoms with E-state index in [2.05, 4.69) is 30.3 Å². The van der Waals surface area contributed by atoms with Crippen molar-refractivity contribution in [3.63, 3.8) is 0 Å². The molecule has 4 heterocycles. The molecule has 1 saturated heterocycles. The molecule has 9 nitrogen and oxygen atoms in total. The molecular weight excluding hydrogens is 318 g/mol. The summed E-state index contributed by atoms with van der Waals surface area (Å²) in [5.74, 6) is 2.30. The third-order valence-electron chi connectivity index (χ3n) is 4.80. The molecule has 1 aliphatic rings. The van der Waals surface area contributed by atoms with Crippen LogP contribution in [0.2, 0.25) is 0 Å². The van der Waals surface area contributed by atoms with E-state index < -0.39 is 0 Å². The van der Waals surface area contributed by atoms with E-state index in [1.54, 1.807) is 12.7 Å². The minimum atomic E-state index is 0.405. The highest BCUT2D eigenvalue weighted by Gasteiger charge is 2.25. The number of hydrogen-bond acceptors (Lipinski definition) is 7. The SMILES string of the molecule is CN(C)c1ccc2nnc(C3CCN(CCn4cncn4)CC3)n2n1. The fourth-order valence-corrected chi connectivity index (χ4v) is 3.30. The Morgan fingerprint density at radius 1 is 1.12 bits per heavy atom. The summed E-state index contributed by atoms with van der Waals surface area (Å²) in [4.78, 5) is 8.45. The highest BCUT2D eigenvalue weighted by Crippen LogP contribution is 2.27. The van der Waals surface area contributed by atoms with E-state index in [4.69, 9.17) is 0 Å². The molecule has 0 aromatic carbocycles. The zero-order valence-corrected chi connectivity index (χ0v) is 14.7. The van der Waals surface area contributed by atoms with Gasteiger partial charge in [0, 0.05) is 26.6 Å². The van der Waals surface area contributed by atoms with E-state index in [1.165, 1.54) is 0 Å². The van der Waals surface area contributed by atoms with Crippen LogP contribution in [0.3, 0.4) is 0 Å². The van der Waals surface area contributed by atoms with Crippen molar-refractivity contribution in [3.05, 3.63) is 30.6 Å². The van der Waals surface area contributed by atoms with Gasteiger partial charge in [0.05, 0.1) is 6.54 Å². The fourth-order valence-electron chi connectivity index (χ4n) is 3.30. The van der Waals surface area contributed by atoms with Gasteiger partial charge in [0.25, 0.3) is 0 Å². The predicted octanol–water partition coefficient (Wildman–Crippen LogP) is 0.661. The highest BCUT2D eigenvalue weighted by molar-refractivity contribution is 5.45. The Balaban J connectivity index is 1.42. The average Bonchev–Trinajstić information content (AvgIpc) is 3.29. The van der Waals surface area contributed by atoms with Crippen LogP contribution >= 0.6 is 0 Å². The van der Waals surface area contributed by atoms with Gasteiger partial charge in [0.2, 0.25) is 0 Å². The third kappa shape index (κ3) is 3.32. The number of aromatic nitrogens is 7. The second-order valence-electron chi connectivity index (χ2n) is 6.69. The third-order valence-corrected chi connectivity index (χ3v) is 4.80. The van der Waals surface area contributed by atoms with Gasteiger partial charge in [-0.3, -0.25) is 4.68 Å². The Kier molecular flexibility index (Phi) is 4.31. The van der Waals surface area contributed by atoms with Crippen molar-refractivity contribution in [2.75, 3.05) is 38.6 Å². The van der Waals surface area contributed by atoms with E-state index in [1.807, 2.05) is 40.3 Å². The number of likely N-dealkylation sites (tertiary alicyclic amines) is 1. The first-order valence-electron chi connectivity index (χ1n) is 8.65. The molecule has 4 rings (SSSR count). The maximum Gasteiger partial charge on any atom is 0.178 e. The van der Waals surface area contributed by atoms with Crippen LogP contribution in [-0.4, -0.2) is 73.2 Å². The van der Waals surface area contributed by atoms with E-state index in [-0.39, 0.29) is 0 Å². The molecule has 3 aromatic heterocycles. The summed E-state index contributed by atoms with van der Waals surface area (Å²) in [6, 6.07) is 3.95. The summed E-state index contributed by atoms with van der Waals surface area (Å²) < 4.78 is 3.79. The fraction of sp³-hybridized carbons (Fsp3) is 0.562. The smallest absolute Gasteiger partial charge is 0.178 e. The van der Waals surface area contributed by atoms with Crippen molar-refractivity contribution in [3.8, 4) is 0 Å². The van der Waals surface area contributed by atoms with Crippen LogP contribution in [0, 0.1) is 0 Å². The molecule has 1 aliphatic heterocycles. The van der Waals surface area contributed by atoms with Crippen LogP contribution in [0.4, 0.5) is 5.82 Å². The first-order valence-corrected chi connectivity index (χ1v) is 8.65. The van der Waals surface area contributed by atoms with Crippen molar-refractivity contribution in [1.29, 1.82) is 0 Å². The Morgan fingerprint density at radius 3 is 2.68 bits per heavy atom. The van der Waals surface area contributed by atoms with E-state index in [0.29, 0.717) is 5.92 Å². The molecule has 0 amide bonds. The van der Waals surface area contributed by atoms with Crippen LogP contribution in [0.25, 0.3) is 5.65 Å². The Hall–Kier alpha value is -2.55. The van der Waals surface area contributed by atoms with E-state index in [0.717, 1.165) is 56.3 Å². The van der Waals surface area contributed by atoms with Crippen LogP contribution in [0.1, 0.15) is 24.6 Å². The predicted molar refractivity (Wildman–Crippen MR) is 93.5 cm³/mol. The number of piperidine rings is 1. The van der Waals surface area contributed by atoms with Gasteiger partial charge in [-0.1, -0.05) is 0 Å². The molecule has 25 heavy (non-hydrogen) atoms. The second-order valence-corrected chi connectivity index (χ2v) is 6.69. The molecule has 0 atom stereocenters. The van der Waals surface area contributed by atoms with E-state index in [9.17, 15) is 0 Å². The molecule has 0 unspecified atom stereocenters. The molecular formula is C16H23N9. The van der Waals surface area contributed by atoms with Gasteiger partial charge in [-0.15, -0.1) is 15.3 Å². The van der Waals surface area contributed by atoms with Gasteiger partial charge in [0.15, 0.2) is 11.5 Å². The molecule has 0 saturated carbocycles. The second kappa shape index (κ2) is 6.75. The van der Waals surface area contributed by atoms with Gasteiger partial charge in [0.1, 0.15) is 18.5 Å². The van der Waals surface area contributed by atoms with Gasteiger partial charge in [-0.05, 0) is 38.1 Å². The summed E-state index contributed by atoms with van der Waals surface area (Å²) in [6.45, 7) is 4.00. The van der Waals surface area contributed by atoms with Gasteiger partial charge in [-0.25, -0.2) is 4.98 Å². The number of nitrogens with zero attached hydrogens (tertiary/aromatic N) is 9. The maximum atomic E-state index is 4.68. The Bertz CT molecular complexity index is 815. The minimum Gasteiger partial charge on any atom is -0.361 e. The molecule has 0 radical (unpaired) electrons. The molecule has 0 aliphatic carbocycles. The summed E-state index contributed by atoms with van der Waals surface area (Å²) in [7, 11) is 3.98. The molecule has 9 heteroatoms. The summed E-state index contributed by atoms with van der Waals surface area (Å²) >= 11 is 0. The van der Waals surface area contributed by atoms with Gasteiger partial charge < -0.3 is 9.80 Å². The summed E-state index contributed by atoms with van der Waals surface area (Å²) in [5, 5.41) is 17.5. The largest absolute Gasteiger partial charge is 0.361 e. The lowest BCUT2D eigenvalue weighted by Gasteiger charge is -2.30. The lowest BCUT2D eigenvalue weighted by atomic mass is 9.96. The minimum absolute atomic E-state index is 0.405. The first-order chi connectivity index (χ1) is 12.2. The normalized spacial score (nSPS) is 16.6. The quantitative estimate of drug-likeness (QED) is 0.674. The van der Waals surface area contributed by atoms with Crippen molar-refractivity contribution in [2.45, 2.75) is 25.3 Å². The summed E-state index contributed by atoms with van der Waals surface area (Å²) in [5.41, 5.74) is 0.814. The Labute approximate surface area is 146 Å². The Morgan fingerprint density at radius 2 is 1.96 bits per heavy atom. The monoisotopic (exact) mass is 341 g/mol. The molecule has 0 spiro atoms. The van der Waals surface area contributed by atoms with Crippen LogP contribution < -0.4 is 4.90 Å². The average molecular weight is 341 g/mol. The summed E-state index contributed by atoms with van der Waals surface area (Å²) in [6.07, 6.45) is 5.50. The van der Waals surface area contributed by atoms with Crippen LogP contribution in [-0.2, 0) is 6.54 Å². The van der Waals surface area contributed by atoms with Crippen molar-refractivity contribution in [2.24, 2.45) is 0 Å². The molecule has 0 bridgehead atoms. The van der Waals surface area contributed by atoms with E-state index >= 15 is 0 Å². The zero-order valence-electron chi connectivity index (χ0n) is 14.7. The molecule has 0 N–H and O–H groups in total. The van der Waals surface area contributed by atoms with Crippen molar-refractivity contribution >= 4 is 11.5 Å². The number of anilines is 1. The van der Waals surface area contributed by atoms with Crippen molar-refractivity contribution < 1.29 is 0 Å². The molecule has 3 aromatic rings. The standard InChI is InChI=1S/C16H23N9/c1-22(2)15-4-3-14-19-20-16(25(14)21-15)13-5-7-23(8-6-13)9-10-24-12-17-11-18-24/h3-4,11-13H,5-10H2,1-2H3. The van der Waals surface area contributed by atoms with Crippen LogP contribution in [0.5, 0.6) is 0 Å². The number of hydrogen-bond donors (Lipinski definition) is 0. The highest BCUT2D eigenvalue weighted by atomic mass is 15.4. The zero-order chi connectivity index (χ0) is 17.2. The number of fused-ring (bicyclic) bond motifs is 1. The van der Waals surface area contributed by atoms with Gasteiger partial charge in [-0.2, -0.15) is 9.61 Å². The van der Waals surface area contributed by atoms with Crippen molar-refractivity contribution in [1.82, 2.24) is 39.5 Å². The molecule has 132 valence electrons. The van der Waals surface area contributed by atoms with Gasteiger partial charge >= 0.3 is 0 Å². The van der Waals surface area contributed by atoms with Crippen LogP contribution in [0.15, 0.2) is 24.8 Å². The lowest BCUT2D eigenvalue weighted by molar-refractivity contribution is 0.199.